The molecule has 0 saturated heterocycles. The molecule has 12 heavy (non-hydrogen) atoms. The monoisotopic (exact) mass is 169 g/mol. The van der Waals surface area contributed by atoms with Gasteiger partial charge in [0.1, 0.15) is 0 Å². The van der Waals surface area contributed by atoms with Gasteiger partial charge in [-0.3, -0.25) is 4.99 Å². The molecule has 0 aromatic carbocycles. The van der Waals surface area contributed by atoms with Crippen LogP contribution in [0.15, 0.2) is 4.99 Å². The summed E-state index contributed by atoms with van der Waals surface area (Å²) in [4.78, 5) is 4.36. The lowest BCUT2D eigenvalue weighted by molar-refractivity contribution is 0.722. The van der Waals surface area contributed by atoms with Crippen molar-refractivity contribution in [2.45, 2.75) is 58.8 Å². The molecule has 0 aliphatic rings. The van der Waals surface area contributed by atoms with E-state index in [1.165, 1.54) is 44.9 Å². The molecule has 0 aliphatic heterocycles. The second kappa shape index (κ2) is 10.7. The van der Waals surface area contributed by atoms with Crippen molar-refractivity contribution < 1.29 is 0 Å². The van der Waals surface area contributed by atoms with Crippen molar-refractivity contribution in [3.63, 3.8) is 0 Å². The van der Waals surface area contributed by atoms with Crippen LogP contribution in [-0.2, 0) is 0 Å². The zero-order valence-corrected chi connectivity index (χ0v) is 8.68. The van der Waals surface area contributed by atoms with Crippen LogP contribution in [0.1, 0.15) is 58.8 Å². The first-order valence-corrected chi connectivity index (χ1v) is 5.40. The van der Waals surface area contributed by atoms with Gasteiger partial charge >= 0.3 is 0 Å². The Kier molecular flexibility index (Phi) is 10.4. The molecule has 0 aliphatic carbocycles. The van der Waals surface area contributed by atoms with Crippen LogP contribution in [0.5, 0.6) is 0 Å². The molecule has 0 bridgehead atoms. The Labute approximate surface area is 77.3 Å². The van der Waals surface area contributed by atoms with Crippen LogP contribution in [0.3, 0.4) is 0 Å². The Morgan fingerprint density at radius 1 is 0.917 bits per heavy atom. The molecular weight excluding hydrogens is 146 g/mol. The van der Waals surface area contributed by atoms with E-state index in [1.807, 2.05) is 0 Å². The van der Waals surface area contributed by atoms with Crippen LogP contribution in [0.2, 0.25) is 0 Å². The summed E-state index contributed by atoms with van der Waals surface area (Å²) >= 11 is 0. The van der Waals surface area contributed by atoms with Gasteiger partial charge in [-0.15, -0.1) is 0 Å². The van der Waals surface area contributed by atoms with E-state index < -0.39 is 0 Å². The average Bonchev–Trinajstić information content (AvgIpc) is 2.10. The third kappa shape index (κ3) is 9.67. The van der Waals surface area contributed by atoms with Crippen molar-refractivity contribution >= 4 is 6.21 Å². The molecule has 0 amide bonds. The summed E-state index contributed by atoms with van der Waals surface area (Å²) < 4.78 is 0. The van der Waals surface area contributed by atoms with Crippen molar-refractivity contribution in [2.75, 3.05) is 6.54 Å². The molecule has 0 spiro atoms. The first-order valence-electron chi connectivity index (χ1n) is 5.40. The number of hydrogen-bond donors (Lipinski definition) is 0. The van der Waals surface area contributed by atoms with Gasteiger partial charge in [0.15, 0.2) is 0 Å². The highest BCUT2D eigenvalue weighted by Gasteiger charge is 1.83. The molecule has 0 heterocycles. The van der Waals surface area contributed by atoms with Crippen molar-refractivity contribution in [3.05, 3.63) is 0 Å². The zero-order chi connectivity index (χ0) is 9.07. The van der Waals surface area contributed by atoms with E-state index in [2.05, 4.69) is 25.1 Å². The van der Waals surface area contributed by atoms with Gasteiger partial charge in [-0.1, -0.05) is 39.5 Å². The number of aliphatic imine (C=N–C) groups is 1. The summed E-state index contributed by atoms with van der Waals surface area (Å²) in [5, 5.41) is 0. The largest absolute Gasteiger partial charge is 0.298 e. The predicted molar refractivity (Wildman–Crippen MR) is 57.0 cm³/mol. The van der Waals surface area contributed by atoms with E-state index in [-0.39, 0.29) is 0 Å². The summed E-state index contributed by atoms with van der Waals surface area (Å²) in [5.74, 6) is 0. The molecule has 0 radical (unpaired) electrons. The van der Waals surface area contributed by atoms with Gasteiger partial charge < -0.3 is 0 Å². The molecule has 0 aromatic heterocycles. The molecule has 0 aromatic rings. The van der Waals surface area contributed by atoms with E-state index in [4.69, 9.17) is 0 Å². The summed E-state index contributed by atoms with van der Waals surface area (Å²) in [6.07, 6.45) is 11.1. The highest BCUT2D eigenvalue weighted by Crippen LogP contribution is 1.97. The van der Waals surface area contributed by atoms with E-state index in [1.54, 1.807) is 0 Å². The van der Waals surface area contributed by atoms with Crippen LogP contribution in [0, 0.1) is 0 Å². The summed E-state index contributed by atoms with van der Waals surface area (Å²) in [6.45, 7) is 5.50. The second-order valence-electron chi connectivity index (χ2n) is 3.29. The van der Waals surface area contributed by atoms with Gasteiger partial charge in [0.25, 0.3) is 0 Å². The molecule has 1 nitrogen and oxygen atoms in total. The smallest absolute Gasteiger partial charge is 0.0385 e. The minimum atomic E-state index is 1.04. The zero-order valence-electron chi connectivity index (χ0n) is 8.68. The number of rotatable bonds is 8. The van der Waals surface area contributed by atoms with Gasteiger partial charge in [-0.25, -0.2) is 0 Å². The van der Waals surface area contributed by atoms with E-state index in [9.17, 15) is 0 Å². The topological polar surface area (TPSA) is 12.4 Å². The fraction of sp³-hybridized carbons (Fsp3) is 0.909. The minimum absolute atomic E-state index is 1.04. The Morgan fingerprint density at radius 3 is 2.25 bits per heavy atom. The SMILES string of the molecule is CCCCCC=NCCCCC. The Hall–Kier alpha value is -0.330. The molecule has 1 heteroatoms. The fourth-order valence-corrected chi connectivity index (χ4v) is 1.12. The Balaban J connectivity index is 2.93. The summed E-state index contributed by atoms with van der Waals surface area (Å²) in [7, 11) is 0. The summed E-state index contributed by atoms with van der Waals surface area (Å²) in [5.41, 5.74) is 0. The van der Waals surface area contributed by atoms with Crippen molar-refractivity contribution in [1.29, 1.82) is 0 Å². The number of nitrogens with zero attached hydrogens (tertiary/aromatic N) is 1. The van der Waals surface area contributed by atoms with Crippen molar-refractivity contribution in [2.24, 2.45) is 4.99 Å². The molecule has 0 N–H and O–H groups in total. The van der Waals surface area contributed by atoms with Crippen LogP contribution < -0.4 is 0 Å². The number of hydrogen-bond acceptors (Lipinski definition) is 1. The van der Waals surface area contributed by atoms with Crippen molar-refractivity contribution in [3.8, 4) is 0 Å². The molecule has 0 rings (SSSR count). The first kappa shape index (κ1) is 11.7. The molecule has 0 fully saturated rings. The molecule has 0 unspecified atom stereocenters. The van der Waals surface area contributed by atoms with Gasteiger partial charge in [0.05, 0.1) is 0 Å². The quantitative estimate of drug-likeness (QED) is 0.387. The van der Waals surface area contributed by atoms with Gasteiger partial charge in [-0.2, -0.15) is 0 Å². The van der Waals surface area contributed by atoms with Crippen LogP contribution in [0.25, 0.3) is 0 Å². The Morgan fingerprint density at radius 2 is 1.58 bits per heavy atom. The lowest BCUT2D eigenvalue weighted by atomic mass is 10.2. The highest BCUT2D eigenvalue weighted by molar-refractivity contribution is 5.56. The van der Waals surface area contributed by atoms with E-state index in [0.29, 0.717) is 0 Å². The van der Waals surface area contributed by atoms with Crippen LogP contribution in [0.4, 0.5) is 0 Å². The van der Waals surface area contributed by atoms with Crippen LogP contribution >= 0.6 is 0 Å². The lowest BCUT2D eigenvalue weighted by Crippen LogP contribution is -1.83. The summed E-state index contributed by atoms with van der Waals surface area (Å²) in [6, 6.07) is 0. The van der Waals surface area contributed by atoms with Crippen LogP contribution in [-0.4, -0.2) is 12.8 Å². The van der Waals surface area contributed by atoms with Gasteiger partial charge in [-0.05, 0) is 25.5 Å². The third-order valence-electron chi connectivity index (χ3n) is 1.96. The molecular formula is C11H23N. The second-order valence-corrected chi connectivity index (χ2v) is 3.29. The molecule has 72 valence electrons. The Bertz CT molecular complexity index is 85.2. The normalized spacial score (nSPS) is 11.2. The molecule has 0 atom stereocenters. The maximum atomic E-state index is 4.36. The van der Waals surface area contributed by atoms with E-state index in [0.717, 1.165) is 6.54 Å². The average molecular weight is 169 g/mol. The highest BCUT2D eigenvalue weighted by atomic mass is 14.7. The fourth-order valence-electron chi connectivity index (χ4n) is 1.12. The standard InChI is InChI=1S/C11H23N/c1-3-5-7-9-11-12-10-8-6-4-2/h11H,3-10H2,1-2H3. The van der Waals surface area contributed by atoms with Gasteiger partial charge in [0, 0.05) is 6.54 Å². The van der Waals surface area contributed by atoms with Crippen molar-refractivity contribution in [1.82, 2.24) is 0 Å². The van der Waals surface area contributed by atoms with E-state index >= 15 is 0 Å². The predicted octanol–water partition coefficient (Wildman–Crippen LogP) is 3.83. The van der Waals surface area contributed by atoms with Gasteiger partial charge in [0.2, 0.25) is 0 Å². The molecule has 0 saturated carbocycles. The maximum absolute atomic E-state index is 4.36. The number of unbranched alkanes of at least 4 members (excludes halogenated alkanes) is 5. The third-order valence-corrected chi connectivity index (χ3v) is 1.96. The maximum Gasteiger partial charge on any atom is 0.0385 e. The first-order chi connectivity index (χ1) is 5.91. The minimum Gasteiger partial charge on any atom is -0.298 e. The lowest BCUT2D eigenvalue weighted by Gasteiger charge is -1.93.